The zero-order valence-electron chi connectivity index (χ0n) is 14.0. The van der Waals surface area contributed by atoms with E-state index in [1.165, 1.54) is 24.4 Å². The Hall–Kier alpha value is -3.42. The molecule has 2 aromatic heterocycles. The van der Waals surface area contributed by atoms with Gasteiger partial charge in [-0.15, -0.1) is 0 Å². The van der Waals surface area contributed by atoms with E-state index in [4.69, 9.17) is 0 Å². The fraction of sp³-hybridized carbons (Fsp3) is 0.105. The van der Waals surface area contributed by atoms with Crippen molar-refractivity contribution in [3.63, 3.8) is 0 Å². The number of aromatic nitrogens is 2. The Balaban J connectivity index is 1.59. The van der Waals surface area contributed by atoms with Crippen LogP contribution in [0.4, 0.5) is 24.5 Å². The van der Waals surface area contributed by atoms with Crippen LogP contribution < -0.4 is 10.6 Å². The third-order valence-corrected chi connectivity index (χ3v) is 3.65. The third kappa shape index (κ3) is 5.04. The molecule has 0 spiro atoms. The van der Waals surface area contributed by atoms with Gasteiger partial charge in [0.25, 0.3) is 5.91 Å². The number of nitrogens with one attached hydrogen (secondary N) is 2. The fourth-order valence-corrected chi connectivity index (χ4v) is 2.28. The van der Waals surface area contributed by atoms with E-state index >= 15 is 0 Å². The Labute approximate surface area is 153 Å². The van der Waals surface area contributed by atoms with Gasteiger partial charge in [-0.05, 0) is 48.5 Å². The molecule has 1 aromatic carbocycles. The number of nitrogens with zero attached hydrogens (tertiary/aromatic N) is 2. The third-order valence-electron chi connectivity index (χ3n) is 3.65. The number of halogens is 3. The van der Waals surface area contributed by atoms with Gasteiger partial charge in [0, 0.05) is 11.9 Å². The number of carbonyl (C=O) groups excluding carboxylic acids is 1. The van der Waals surface area contributed by atoms with E-state index in [0.29, 0.717) is 11.4 Å². The minimum Gasteiger partial charge on any atom is -0.354 e. The molecule has 3 aromatic rings. The van der Waals surface area contributed by atoms with Crippen LogP contribution in [0.15, 0.2) is 67.0 Å². The maximum atomic E-state index is 12.6. The lowest BCUT2D eigenvalue weighted by Crippen LogP contribution is -2.24. The molecule has 2 N–H and O–H groups in total. The highest BCUT2D eigenvalue weighted by Crippen LogP contribution is 2.30. The van der Waals surface area contributed by atoms with Gasteiger partial charge in [-0.3, -0.25) is 9.78 Å². The zero-order valence-corrected chi connectivity index (χ0v) is 14.0. The molecule has 0 atom stereocenters. The summed E-state index contributed by atoms with van der Waals surface area (Å²) in [5, 5.41) is 5.65. The van der Waals surface area contributed by atoms with Gasteiger partial charge in [0.15, 0.2) is 0 Å². The molecule has 0 aliphatic rings. The molecular formula is C19H15F3N4O. The average Bonchev–Trinajstić information content (AvgIpc) is 2.67. The summed E-state index contributed by atoms with van der Waals surface area (Å²) in [6, 6.07) is 13.2. The second-order valence-electron chi connectivity index (χ2n) is 5.64. The summed E-state index contributed by atoms with van der Waals surface area (Å²) in [6.45, 7) is 0.285. The molecular weight excluding hydrogens is 357 g/mol. The molecule has 3 rings (SSSR count). The highest BCUT2D eigenvalue weighted by molar-refractivity contribution is 5.92. The Bertz CT molecular complexity index is 895. The van der Waals surface area contributed by atoms with Crippen LogP contribution in [0.1, 0.15) is 21.7 Å². The Morgan fingerprint density at radius 1 is 0.926 bits per heavy atom. The molecule has 8 heteroatoms. The lowest BCUT2D eigenvalue weighted by atomic mass is 10.2. The van der Waals surface area contributed by atoms with Crippen LogP contribution in [0, 0.1) is 0 Å². The number of rotatable bonds is 5. The van der Waals surface area contributed by atoms with Crippen molar-refractivity contribution < 1.29 is 18.0 Å². The maximum Gasteiger partial charge on any atom is 0.416 e. The highest BCUT2D eigenvalue weighted by Gasteiger charge is 2.29. The number of anilines is 2. The lowest BCUT2D eigenvalue weighted by molar-refractivity contribution is -0.137. The van der Waals surface area contributed by atoms with Crippen LogP contribution in [0.3, 0.4) is 0 Å². The summed E-state index contributed by atoms with van der Waals surface area (Å²) >= 11 is 0. The molecule has 0 aliphatic heterocycles. The normalized spacial score (nSPS) is 11.1. The molecule has 5 nitrogen and oxygen atoms in total. The van der Waals surface area contributed by atoms with Gasteiger partial charge in [-0.25, -0.2) is 4.98 Å². The van der Waals surface area contributed by atoms with Gasteiger partial charge in [0.05, 0.1) is 29.7 Å². The van der Waals surface area contributed by atoms with Gasteiger partial charge in [0.2, 0.25) is 0 Å². The SMILES string of the molecule is O=C(NCc1ccccn1)c1ccc(Nc2ccc(C(F)(F)F)cc2)cn1. The van der Waals surface area contributed by atoms with E-state index in [0.717, 1.165) is 17.8 Å². The average molecular weight is 372 g/mol. The largest absolute Gasteiger partial charge is 0.416 e. The van der Waals surface area contributed by atoms with Crippen LogP contribution >= 0.6 is 0 Å². The Kier molecular flexibility index (Phi) is 5.35. The quantitative estimate of drug-likeness (QED) is 0.706. The first-order chi connectivity index (χ1) is 12.9. The van der Waals surface area contributed by atoms with Gasteiger partial charge >= 0.3 is 6.18 Å². The van der Waals surface area contributed by atoms with Gasteiger partial charge in [-0.1, -0.05) is 6.07 Å². The van der Waals surface area contributed by atoms with Crippen molar-refractivity contribution in [3.8, 4) is 0 Å². The van der Waals surface area contributed by atoms with E-state index in [2.05, 4.69) is 20.6 Å². The van der Waals surface area contributed by atoms with Crippen molar-refractivity contribution in [1.29, 1.82) is 0 Å². The first-order valence-corrected chi connectivity index (χ1v) is 8.00. The minimum absolute atomic E-state index is 0.226. The van der Waals surface area contributed by atoms with Crippen molar-refractivity contribution in [2.45, 2.75) is 12.7 Å². The fourth-order valence-electron chi connectivity index (χ4n) is 2.28. The smallest absolute Gasteiger partial charge is 0.354 e. The van der Waals surface area contributed by atoms with Gasteiger partial charge < -0.3 is 10.6 Å². The van der Waals surface area contributed by atoms with Gasteiger partial charge in [0.1, 0.15) is 5.69 Å². The van der Waals surface area contributed by atoms with Crippen molar-refractivity contribution in [1.82, 2.24) is 15.3 Å². The van der Waals surface area contributed by atoms with E-state index in [-0.39, 0.29) is 18.1 Å². The van der Waals surface area contributed by atoms with Crippen molar-refractivity contribution in [3.05, 3.63) is 83.9 Å². The van der Waals surface area contributed by atoms with Crippen LogP contribution in [0.2, 0.25) is 0 Å². The standard InChI is InChI=1S/C19H15F3N4O/c20-19(21,22)13-4-6-14(7-5-13)26-16-8-9-17(24-12-16)18(27)25-11-15-3-1-2-10-23-15/h1-10,12,26H,11H2,(H,25,27). The molecule has 0 aliphatic carbocycles. The maximum absolute atomic E-state index is 12.6. The zero-order chi connectivity index (χ0) is 19.3. The van der Waals surface area contributed by atoms with E-state index in [9.17, 15) is 18.0 Å². The topological polar surface area (TPSA) is 66.9 Å². The van der Waals surface area contributed by atoms with Crippen LogP contribution in [0.25, 0.3) is 0 Å². The number of benzene rings is 1. The predicted octanol–water partition coefficient (Wildman–Crippen LogP) is 4.17. The van der Waals surface area contributed by atoms with Crippen LogP contribution in [0.5, 0.6) is 0 Å². The van der Waals surface area contributed by atoms with Crippen LogP contribution in [-0.2, 0) is 12.7 Å². The number of hydrogen-bond acceptors (Lipinski definition) is 4. The number of alkyl halides is 3. The van der Waals surface area contributed by atoms with E-state index in [1.54, 1.807) is 24.4 Å². The summed E-state index contributed by atoms with van der Waals surface area (Å²) in [6.07, 6.45) is -1.29. The van der Waals surface area contributed by atoms with E-state index < -0.39 is 11.7 Å². The van der Waals surface area contributed by atoms with Crippen molar-refractivity contribution in [2.75, 3.05) is 5.32 Å². The first kappa shape index (κ1) is 18.4. The second-order valence-corrected chi connectivity index (χ2v) is 5.64. The summed E-state index contributed by atoms with van der Waals surface area (Å²) in [5.74, 6) is -0.346. The summed E-state index contributed by atoms with van der Waals surface area (Å²) in [7, 11) is 0. The molecule has 0 unspecified atom stereocenters. The molecule has 0 bridgehead atoms. The van der Waals surface area contributed by atoms with Crippen molar-refractivity contribution >= 4 is 17.3 Å². The Morgan fingerprint density at radius 2 is 1.67 bits per heavy atom. The molecule has 1 amide bonds. The molecule has 0 saturated heterocycles. The number of hydrogen-bond donors (Lipinski definition) is 2. The molecule has 0 fully saturated rings. The number of amides is 1. The minimum atomic E-state index is -4.37. The predicted molar refractivity (Wildman–Crippen MR) is 94.4 cm³/mol. The Morgan fingerprint density at radius 3 is 2.26 bits per heavy atom. The molecule has 0 radical (unpaired) electrons. The lowest BCUT2D eigenvalue weighted by Gasteiger charge is -2.10. The summed E-state index contributed by atoms with van der Waals surface area (Å²) < 4.78 is 37.7. The molecule has 138 valence electrons. The second kappa shape index (κ2) is 7.86. The van der Waals surface area contributed by atoms with E-state index in [1.807, 2.05) is 6.07 Å². The summed E-state index contributed by atoms with van der Waals surface area (Å²) in [5.41, 5.74) is 1.27. The first-order valence-electron chi connectivity index (χ1n) is 8.00. The molecule has 2 heterocycles. The summed E-state index contributed by atoms with van der Waals surface area (Å²) in [4.78, 5) is 20.3. The number of pyridine rings is 2. The number of carbonyl (C=O) groups is 1. The van der Waals surface area contributed by atoms with Crippen LogP contribution in [-0.4, -0.2) is 15.9 Å². The van der Waals surface area contributed by atoms with Crippen molar-refractivity contribution in [2.24, 2.45) is 0 Å². The molecule has 0 saturated carbocycles. The van der Waals surface area contributed by atoms with Gasteiger partial charge in [-0.2, -0.15) is 13.2 Å². The molecule has 27 heavy (non-hydrogen) atoms. The highest BCUT2D eigenvalue weighted by atomic mass is 19.4. The monoisotopic (exact) mass is 372 g/mol.